The monoisotopic (exact) mass is 327 g/mol. The van der Waals surface area contributed by atoms with Gasteiger partial charge in [0, 0.05) is 23.6 Å². The molecule has 1 atom stereocenters. The Hall–Kier alpha value is -0.910. The molecule has 1 heterocycles. The van der Waals surface area contributed by atoms with E-state index in [2.05, 4.69) is 27.8 Å². The molecule has 0 aliphatic carbocycles. The van der Waals surface area contributed by atoms with Crippen LogP contribution < -0.4 is 0 Å². The minimum atomic E-state index is -0.313. The van der Waals surface area contributed by atoms with Crippen molar-refractivity contribution in [1.29, 1.82) is 0 Å². The molecule has 0 spiro atoms. The van der Waals surface area contributed by atoms with Crippen LogP contribution in [-0.4, -0.2) is 43.8 Å². The Morgan fingerprint density at radius 1 is 1.58 bits per heavy atom. The Labute approximate surface area is 121 Å². The summed E-state index contributed by atoms with van der Waals surface area (Å²) in [5.74, 6) is -0.313. The van der Waals surface area contributed by atoms with Crippen LogP contribution in [0, 0.1) is 0 Å². The smallest absolute Gasteiger partial charge is 0.337 e. The molecule has 1 aliphatic rings. The second kappa shape index (κ2) is 6.50. The standard InChI is InChI=1S/C14H18BrNO3/c1-10-9-19-6-5-16(10)8-12-4-3-11(7-13(12)15)14(17)18-2/h3-4,7,10H,5-6,8-9H2,1-2H3. The van der Waals surface area contributed by atoms with Gasteiger partial charge < -0.3 is 9.47 Å². The summed E-state index contributed by atoms with van der Waals surface area (Å²) < 4.78 is 11.1. The fourth-order valence-electron chi connectivity index (χ4n) is 2.14. The summed E-state index contributed by atoms with van der Waals surface area (Å²) in [6.45, 7) is 5.51. The highest BCUT2D eigenvalue weighted by Crippen LogP contribution is 2.22. The molecule has 1 fully saturated rings. The molecule has 2 rings (SSSR count). The van der Waals surface area contributed by atoms with Gasteiger partial charge in [-0.15, -0.1) is 0 Å². The van der Waals surface area contributed by atoms with Crippen molar-refractivity contribution in [3.8, 4) is 0 Å². The van der Waals surface area contributed by atoms with Crippen molar-refractivity contribution in [3.63, 3.8) is 0 Å². The molecular weight excluding hydrogens is 310 g/mol. The van der Waals surface area contributed by atoms with E-state index >= 15 is 0 Å². The molecule has 1 aliphatic heterocycles. The zero-order valence-electron chi connectivity index (χ0n) is 11.2. The number of hydrogen-bond acceptors (Lipinski definition) is 4. The first-order chi connectivity index (χ1) is 9.11. The third-order valence-electron chi connectivity index (χ3n) is 3.35. The Morgan fingerprint density at radius 3 is 3.00 bits per heavy atom. The average molecular weight is 328 g/mol. The molecule has 1 unspecified atom stereocenters. The van der Waals surface area contributed by atoms with Gasteiger partial charge >= 0.3 is 5.97 Å². The lowest BCUT2D eigenvalue weighted by Crippen LogP contribution is -2.42. The van der Waals surface area contributed by atoms with Gasteiger partial charge in [-0.05, 0) is 24.6 Å². The number of halogens is 1. The largest absolute Gasteiger partial charge is 0.465 e. The van der Waals surface area contributed by atoms with E-state index in [0.29, 0.717) is 11.6 Å². The first-order valence-electron chi connectivity index (χ1n) is 6.30. The fourth-order valence-corrected chi connectivity index (χ4v) is 2.64. The first kappa shape index (κ1) is 14.5. The van der Waals surface area contributed by atoms with Crippen molar-refractivity contribution < 1.29 is 14.3 Å². The Morgan fingerprint density at radius 2 is 2.37 bits per heavy atom. The van der Waals surface area contributed by atoms with Crippen molar-refractivity contribution in [1.82, 2.24) is 4.90 Å². The van der Waals surface area contributed by atoms with E-state index in [0.717, 1.165) is 30.8 Å². The van der Waals surface area contributed by atoms with Gasteiger partial charge in [0.05, 0.1) is 25.9 Å². The molecular formula is C14H18BrNO3. The highest BCUT2D eigenvalue weighted by atomic mass is 79.9. The Bertz CT molecular complexity index is 464. The number of carbonyl (C=O) groups is 1. The molecule has 0 saturated carbocycles. The van der Waals surface area contributed by atoms with Gasteiger partial charge in [-0.3, -0.25) is 4.90 Å². The van der Waals surface area contributed by atoms with Crippen LogP contribution in [0.15, 0.2) is 22.7 Å². The van der Waals surface area contributed by atoms with Gasteiger partial charge in [0.15, 0.2) is 0 Å². The quantitative estimate of drug-likeness (QED) is 0.799. The van der Waals surface area contributed by atoms with Crippen LogP contribution in [0.25, 0.3) is 0 Å². The predicted octanol–water partition coefficient (Wildman–Crippen LogP) is 2.46. The van der Waals surface area contributed by atoms with Gasteiger partial charge in [0.25, 0.3) is 0 Å². The minimum Gasteiger partial charge on any atom is -0.465 e. The third-order valence-corrected chi connectivity index (χ3v) is 4.09. The van der Waals surface area contributed by atoms with E-state index in [1.165, 1.54) is 12.7 Å². The lowest BCUT2D eigenvalue weighted by Gasteiger charge is -2.33. The van der Waals surface area contributed by atoms with E-state index in [-0.39, 0.29) is 5.97 Å². The summed E-state index contributed by atoms with van der Waals surface area (Å²) >= 11 is 3.53. The summed E-state index contributed by atoms with van der Waals surface area (Å²) in [6, 6.07) is 6.00. The van der Waals surface area contributed by atoms with Crippen LogP contribution in [0.4, 0.5) is 0 Å². The van der Waals surface area contributed by atoms with E-state index in [4.69, 9.17) is 9.47 Å². The zero-order chi connectivity index (χ0) is 13.8. The number of ether oxygens (including phenoxy) is 2. The van der Waals surface area contributed by atoms with Crippen molar-refractivity contribution in [2.24, 2.45) is 0 Å². The molecule has 5 heteroatoms. The van der Waals surface area contributed by atoms with Crippen LogP contribution in [0.2, 0.25) is 0 Å². The van der Waals surface area contributed by atoms with Gasteiger partial charge in [0.2, 0.25) is 0 Å². The Kier molecular flexibility index (Phi) is 4.96. The van der Waals surface area contributed by atoms with Gasteiger partial charge in [-0.2, -0.15) is 0 Å². The van der Waals surface area contributed by atoms with Crippen LogP contribution in [0.3, 0.4) is 0 Å². The molecule has 1 aromatic carbocycles. The van der Waals surface area contributed by atoms with Crippen LogP contribution in [0.1, 0.15) is 22.8 Å². The first-order valence-corrected chi connectivity index (χ1v) is 7.09. The molecule has 0 amide bonds. The number of carbonyl (C=O) groups excluding carboxylic acids is 1. The predicted molar refractivity (Wildman–Crippen MR) is 76.2 cm³/mol. The highest BCUT2D eigenvalue weighted by Gasteiger charge is 2.19. The summed E-state index contributed by atoms with van der Waals surface area (Å²) in [7, 11) is 1.39. The molecule has 0 radical (unpaired) electrons. The van der Waals surface area contributed by atoms with Gasteiger partial charge in [-0.1, -0.05) is 22.0 Å². The molecule has 1 saturated heterocycles. The number of methoxy groups -OCH3 is 1. The fraction of sp³-hybridized carbons (Fsp3) is 0.500. The highest BCUT2D eigenvalue weighted by molar-refractivity contribution is 9.10. The normalized spacial score (nSPS) is 20.3. The molecule has 0 N–H and O–H groups in total. The maximum atomic E-state index is 11.4. The van der Waals surface area contributed by atoms with Crippen molar-refractivity contribution in [3.05, 3.63) is 33.8 Å². The molecule has 0 aromatic heterocycles. The minimum absolute atomic E-state index is 0.313. The molecule has 4 nitrogen and oxygen atoms in total. The summed E-state index contributed by atoms with van der Waals surface area (Å²) in [5.41, 5.74) is 1.73. The second-order valence-electron chi connectivity index (χ2n) is 4.69. The molecule has 104 valence electrons. The number of esters is 1. The number of rotatable bonds is 3. The molecule has 0 bridgehead atoms. The maximum absolute atomic E-state index is 11.4. The van der Waals surface area contributed by atoms with Gasteiger partial charge in [-0.25, -0.2) is 4.79 Å². The lowest BCUT2D eigenvalue weighted by molar-refractivity contribution is -0.00445. The second-order valence-corrected chi connectivity index (χ2v) is 5.55. The van der Waals surface area contributed by atoms with E-state index in [1.807, 2.05) is 12.1 Å². The topological polar surface area (TPSA) is 38.8 Å². The van der Waals surface area contributed by atoms with Crippen LogP contribution in [0.5, 0.6) is 0 Å². The third kappa shape index (κ3) is 3.55. The van der Waals surface area contributed by atoms with Crippen molar-refractivity contribution in [2.75, 3.05) is 26.9 Å². The van der Waals surface area contributed by atoms with Crippen molar-refractivity contribution >= 4 is 21.9 Å². The van der Waals surface area contributed by atoms with E-state index in [9.17, 15) is 4.79 Å². The van der Waals surface area contributed by atoms with Crippen LogP contribution >= 0.6 is 15.9 Å². The molecule has 19 heavy (non-hydrogen) atoms. The average Bonchev–Trinajstić information content (AvgIpc) is 2.42. The number of hydrogen-bond donors (Lipinski definition) is 0. The summed E-state index contributed by atoms with van der Waals surface area (Å²) in [6.07, 6.45) is 0. The summed E-state index contributed by atoms with van der Waals surface area (Å²) in [5, 5.41) is 0. The maximum Gasteiger partial charge on any atom is 0.337 e. The van der Waals surface area contributed by atoms with Crippen molar-refractivity contribution in [2.45, 2.75) is 19.5 Å². The lowest BCUT2D eigenvalue weighted by atomic mass is 10.1. The zero-order valence-corrected chi connectivity index (χ0v) is 12.8. The van der Waals surface area contributed by atoms with Crippen LogP contribution in [-0.2, 0) is 16.0 Å². The number of nitrogens with zero attached hydrogens (tertiary/aromatic N) is 1. The number of morpholine rings is 1. The number of benzene rings is 1. The van der Waals surface area contributed by atoms with E-state index < -0.39 is 0 Å². The van der Waals surface area contributed by atoms with Gasteiger partial charge in [0.1, 0.15) is 0 Å². The van der Waals surface area contributed by atoms with E-state index in [1.54, 1.807) is 6.07 Å². The Balaban J connectivity index is 2.10. The molecule has 1 aromatic rings. The SMILES string of the molecule is COC(=O)c1ccc(CN2CCOCC2C)c(Br)c1. The summed E-state index contributed by atoms with van der Waals surface area (Å²) in [4.78, 5) is 13.8.